The highest BCUT2D eigenvalue weighted by molar-refractivity contribution is 5.87. The van der Waals surface area contributed by atoms with E-state index in [1.54, 1.807) is 24.3 Å². The van der Waals surface area contributed by atoms with Crippen molar-refractivity contribution in [2.75, 3.05) is 32.7 Å². The molecule has 2 aromatic rings. The van der Waals surface area contributed by atoms with E-state index in [1.165, 1.54) is 5.56 Å². The van der Waals surface area contributed by atoms with E-state index in [0.717, 1.165) is 25.2 Å². The number of aromatic carboxylic acids is 1. The standard InChI is InChI=1S/C22H25N3O3/c26-21(27)20-10-8-19(9-11-20)17-23-22(28)25-15-13-24(14-16-25)12-4-7-18-5-2-1-3-6-18/h1-11H,12-17H2,(H,23,28)(H,26,27)/b7-4+. The van der Waals surface area contributed by atoms with Crippen molar-refractivity contribution in [2.24, 2.45) is 0 Å². The molecule has 0 unspecified atom stereocenters. The molecule has 0 spiro atoms. The lowest BCUT2D eigenvalue weighted by Crippen LogP contribution is -2.51. The van der Waals surface area contributed by atoms with E-state index in [1.807, 2.05) is 23.1 Å². The Kier molecular flexibility index (Phi) is 6.81. The van der Waals surface area contributed by atoms with E-state index in [9.17, 15) is 9.59 Å². The molecule has 28 heavy (non-hydrogen) atoms. The van der Waals surface area contributed by atoms with Crippen molar-refractivity contribution in [3.8, 4) is 0 Å². The van der Waals surface area contributed by atoms with Crippen molar-refractivity contribution in [2.45, 2.75) is 6.54 Å². The van der Waals surface area contributed by atoms with E-state index < -0.39 is 5.97 Å². The first-order valence-corrected chi connectivity index (χ1v) is 9.41. The Morgan fingerprint density at radius 3 is 2.29 bits per heavy atom. The average Bonchev–Trinajstić information content (AvgIpc) is 2.73. The zero-order valence-corrected chi connectivity index (χ0v) is 15.8. The largest absolute Gasteiger partial charge is 0.478 e. The van der Waals surface area contributed by atoms with Crippen molar-refractivity contribution in [3.05, 3.63) is 77.4 Å². The zero-order valence-electron chi connectivity index (χ0n) is 15.8. The van der Waals surface area contributed by atoms with Gasteiger partial charge in [0.15, 0.2) is 0 Å². The molecule has 0 aliphatic carbocycles. The highest BCUT2D eigenvalue weighted by Crippen LogP contribution is 2.07. The maximum atomic E-state index is 12.3. The lowest BCUT2D eigenvalue weighted by atomic mass is 10.1. The molecule has 6 nitrogen and oxygen atoms in total. The summed E-state index contributed by atoms with van der Waals surface area (Å²) in [5.74, 6) is -0.952. The molecule has 1 fully saturated rings. The Hall–Kier alpha value is -3.12. The van der Waals surface area contributed by atoms with Crippen molar-refractivity contribution in [1.29, 1.82) is 0 Å². The normalized spacial score (nSPS) is 14.9. The summed E-state index contributed by atoms with van der Waals surface area (Å²) in [5, 5.41) is 11.8. The van der Waals surface area contributed by atoms with Crippen molar-refractivity contribution < 1.29 is 14.7 Å². The number of nitrogens with one attached hydrogen (secondary N) is 1. The molecule has 2 N–H and O–H groups in total. The lowest BCUT2D eigenvalue weighted by Gasteiger charge is -2.34. The second kappa shape index (κ2) is 9.71. The molecule has 2 amide bonds. The van der Waals surface area contributed by atoms with E-state index >= 15 is 0 Å². The second-order valence-corrected chi connectivity index (χ2v) is 6.76. The lowest BCUT2D eigenvalue weighted by molar-refractivity contribution is 0.0697. The number of carbonyl (C=O) groups excluding carboxylic acids is 1. The molecule has 1 aliphatic rings. The molecule has 146 valence electrons. The van der Waals surface area contributed by atoms with Gasteiger partial charge in [-0.25, -0.2) is 9.59 Å². The van der Waals surface area contributed by atoms with Crippen LogP contribution in [0.5, 0.6) is 0 Å². The van der Waals surface area contributed by atoms with Gasteiger partial charge in [-0.3, -0.25) is 4.90 Å². The Balaban J connectivity index is 1.38. The van der Waals surface area contributed by atoms with Crippen LogP contribution in [0.4, 0.5) is 4.79 Å². The SMILES string of the molecule is O=C(O)c1ccc(CNC(=O)N2CCN(C/C=C/c3ccccc3)CC2)cc1. The molecule has 0 radical (unpaired) electrons. The quantitative estimate of drug-likeness (QED) is 0.809. The highest BCUT2D eigenvalue weighted by Gasteiger charge is 2.20. The summed E-state index contributed by atoms with van der Waals surface area (Å²) >= 11 is 0. The van der Waals surface area contributed by atoms with Gasteiger partial charge in [-0.2, -0.15) is 0 Å². The van der Waals surface area contributed by atoms with Gasteiger partial charge in [-0.15, -0.1) is 0 Å². The minimum absolute atomic E-state index is 0.0817. The summed E-state index contributed by atoms with van der Waals surface area (Å²) in [6, 6.07) is 16.7. The number of benzene rings is 2. The maximum Gasteiger partial charge on any atom is 0.335 e. The fourth-order valence-corrected chi connectivity index (χ4v) is 3.09. The number of carboxylic acids is 1. The Morgan fingerprint density at radius 1 is 0.964 bits per heavy atom. The molecule has 0 bridgehead atoms. The van der Waals surface area contributed by atoms with Crippen LogP contribution in [0, 0.1) is 0 Å². The van der Waals surface area contributed by atoms with Crippen LogP contribution in [0.2, 0.25) is 0 Å². The Labute approximate surface area is 165 Å². The Morgan fingerprint density at radius 2 is 1.64 bits per heavy atom. The monoisotopic (exact) mass is 379 g/mol. The second-order valence-electron chi connectivity index (χ2n) is 6.76. The third-order valence-electron chi connectivity index (χ3n) is 4.78. The molecular formula is C22H25N3O3. The van der Waals surface area contributed by atoms with Gasteiger partial charge in [-0.05, 0) is 23.3 Å². The topological polar surface area (TPSA) is 72.9 Å². The van der Waals surface area contributed by atoms with Crippen LogP contribution in [0.15, 0.2) is 60.7 Å². The van der Waals surface area contributed by atoms with Crippen molar-refractivity contribution >= 4 is 18.1 Å². The molecule has 1 aliphatic heterocycles. The third-order valence-corrected chi connectivity index (χ3v) is 4.78. The molecule has 0 atom stereocenters. The summed E-state index contributed by atoms with van der Waals surface area (Å²) in [6.45, 7) is 4.35. The van der Waals surface area contributed by atoms with Gasteiger partial charge in [0.2, 0.25) is 0 Å². The summed E-state index contributed by atoms with van der Waals surface area (Å²) in [7, 11) is 0. The zero-order chi connectivity index (χ0) is 19.8. The van der Waals surface area contributed by atoms with E-state index in [4.69, 9.17) is 5.11 Å². The predicted octanol–water partition coefficient (Wildman–Crippen LogP) is 2.93. The fraction of sp³-hybridized carbons (Fsp3) is 0.273. The molecule has 1 heterocycles. The number of hydrogen-bond acceptors (Lipinski definition) is 3. The van der Waals surface area contributed by atoms with Crippen LogP contribution in [0.3, 0.4) is 0 Å². The van der Waals surface area contributed by atoms with Crippen LogP contribution < -0.4 is 5.32 Å². The first-order chi connectivity index (χ1) is 13.6. The van der Waals surface area contributed by atoms with Crippen LogP contribution in [-0.2, 0) is 6.54 Å². The van der Waals surface area contributed by atoms with Gasteiger partial charge >= 0.3 is 12.0 Å². The number of rotatable bonds is 6. The number of nitrogens with zero attached hydrogens (tertiary/aromatic N) is 2. The predicted molar refractivity (Wildman–Crippen MR) is 109 cm³/mol. The molecule has 0 saturated carbocycles. The van der Waals surface area contributed by atoms with Gasteiger partial charge in [-0.1, -0.05) is 54.6 Å². The van der Waals surface area contributed by atoms with Gasteiger partial charge in [0.05, 0.1) is 5.56 Å². The molecule has 3 rings (SSSR count). The number of piperazine rings is 1. The fourth-order valence-electron chi connectivity index (χ4n) is 3.09. The molecule has 1 saturated heterocycles. The van der Waals surface area contributed by atoms with Gasteiger partial charge in [0.1, 0.15) is 0 Å². The molecule has 6 heteroatoms. The minimum Gasteiger partial charge on any atom is -0.478 e. The first kappa shape index (κ1) is 19.6. The van der Waals surface area contributed by atoms with Crippen LogP contribution in [0.1, 0.15) is 21.5 Å². The molecule has 0 aromatic heterocycles. The summed E-state index contributed by atoms with van der Waals surface area (Å²) in [5.41, 5.74) is 2.31. The van der Waals surface area contributed by atoms with Crippen LogP contribution in [0.25, 0.3) is 6.08 Å². The van der Waals surface area contributed by atoms with E-state index in [2.05, 4.69) is 34.5 Å². The minimum atomic E-state index is -0.952. The third kappa shape index (κ3) is 5.69. The van der Waals surface area contributed by atoms with Gasteiger partial charge in [0.25, 0.3) is 0 Å². The summed E-state index contributed by atoms with van der Waals surface area (Å²) in [6.07, 6.45) is 4.28. The summed E-state index contributed by atoms with van der Waals surface area (Å²) in [4.78, 5) is 27.4. The van der Waals surface area contributed by atoms with E-state index in [-0.39, 0.29) is 11.6 Å². The van der Waals surface area contributed by atoms with Crippen LogP contribution >= 0.6 is 0 Å². The molecule has 2 aromatic carbocycles. The first-order valence-electron chi connectivity index (χ1n) is 9.41. The number of carbonyl (C=O) groups is 2. The average molecular weight is 379 g/mol. The van der Waals surface area contributed by atoms with E-state index in [0.29, 0.717) is 19.6 Å². The van der Waals surface area contributed by atoms with Crippen molar-refractivity contribution in [3.63, 3.8) is 0 Å². The smallest absolute Gasteiger partial charge is 0.335 e. The van der Waals surface area contributed by atoms with Gasteiger partial charge in [0, 0.05) is 39.3 Å². The van der Waals surface area contributed by atoms with Crippen LogP contribution in [-0.4, -0.2) is 59.6 Å². The highest BCUT2D eigenvalue weighted by atomic mass is 16.4. The number of hydrogen-bond donors (Lipinski definition) is 2. The maximum absolute atomic E-state index is 12.3. The van der Waals surface area contributed by atoms with Crippen molar-refractivity contribution in [1.82, 2.24) is 15.1 Å². The number of urea groups is 1. The number of amides is 2. The summed E-state index contributed by atoms with van der Waals surface area (Å²) < 4.78 is 0. The molecular weight excluding hydrogens is 354 g/mol. The Bertz CT molecular complexity index is 811. The van der Waals surface area contributed by atoms with Gasteiger partial charge < -0.3 is 15.3 Å². The number of carboxylic acid groups (broad SMARTS) is 1.